The van der Waals surface area contributed by atoms with Gasteiger partial charge in [0.2, 0.25) is 0 Å². The number of thiophene rings is 1. The fourth-order valence-corrected chi connectivity index (χ4v) is 2.92. The van der Waals surface area contributed by atoms with Gasteiger partial charge in [-0.15, -0.1) is 11.3 Å². The molecule has 0 fully saturated rings. The molecule has 2 rings (SSSR count). The zero-order valence-corrected chi connectivity index (χ0v) is 11.5. The van der Waals surface area contributed by atoms with E-state index in [9.17, 15) is 0 Å². The van der Waals surface area contributed by atoms with E-state index in [0.29, 0.717) is 0 Å². The van der Waals surface area contributed by atoms with Gasteiger partial charge in [-0.25, -0.2) is 0 Å². The number of hydrogen-bond donors (Lipinski definition) is 2. The molecule has 0 aliphatic rings. The summed E-state index contributed by atoms with van der Waals surface area (Å²) in [6.45, 7) is 4.08. The van der Waals surface area contributed by atoms with Crippen LogP contribution in [-0.4, -0.2) is 16.7 Å². The van der Waals surface area contributed by atoms with Crippen LogP contribution in [0.2, 0.25) is 0 Å². The van der Waals surface area contributed by atoms with Gasteiger partial charge in [0.25, 0.3) is 0 Å². The zero-order valence-electron chi connectivity index (χ0n) is 9.09. The highest BCUT2D eigenvalue weighted by Crippen LogP contribution is 2.31. The van der Waals surface area contributed by atoms with Gasteiger partial charge in [0, 0.05) is 12.1 Å². The number of halogens is 1. The van der Waals surface area contributed by atoms with E-state index in [2.05, 4.69) is 50.5 Å². The van der Waals surface area contributed by atoms with Gasteiger partial charge in [-0.2, -0.15) is 5.10 Å². The van der Waals surface area contributed by atoms with Gasteiger partial charge in [0.15, 0.2) is 0 Å². The first kappa shape index (κ1) is 11.8. The van der Waals surface area contributed by atoms with E-state index >= 15 is 0 Å². The quantitative estimate of drug-likeness (QED) is 0.831. The molecule has 5 heteroatoms. The van der Waals surface area contributed by atoms with Crippen LogP contribution in [-0.2, 0) is 6.54 Å². The highest BCUT2D eigenvalue weighted by Gasteiger charge is 2.09. The second kappa shape index (κ2) is 5.61. The van der Waals surface area contributed by atoms with Crippen LogP contribution in [0.25, 0.3) is 10.6 Å². The molecule has 0 saturated carbocycles. The highest BCUT2D eigenvalue weighted by molar-refractivity contribution is 9.11. The van der Waals surface area contributed by atoms with Crippen LogP contribution in [0.1, 0.15) is 18.9 Å². The topological polar surface area (TPSA) is 40.7 Å². The average molecular weight is 300 g/mol. The molecule has 0 aromatic carbocycles. The second-order valence-electron chi connectivity index (χ2n) is 3.55. The lowest BCUT2D eigenvalue weighted by Crippen LogP contribution is -2.13. The molecule has 0 amide bonds. The maximum absolute atomic E-state index is 4.11. The molecule has 0 aliphatic heterocycles. The lowest BCUT2D eigenvalue weighted by molar-refractivity contribution is 0.676. The number of aromatic amines is 1. The molecular weight excluding hydrogens is 286 g/mol. The summed E-state index contributed by atoms with van der Waals surface area (Å²) in [7, 11) is 0. The van der Waals surface area contributed by atoms with E-state index < -0.39 is 0 Å². The summed E-state index contributed by atoms with van der Waals surface area (Å²) >= 11 is 5.19. The van der Waals surface area contributed by atoms with Crippen molar-refractivity contribution in [1.82, 2.24) is 15.5 Å². The van der Waals surface area contributed by atoms with E-state index in [1.165, 1.54) is 10.4 Å². The number of aromatic nitrogens is 2. The third kappa shape index (κ3) is 2.72. The number of nitrogens with zero attached hydrogens (tertiary/aromatic N) is 1. The fraction of sp³-hybridized carbons (Fsp3) is 0.364. The first-order valence-electron chi connectivity index (χ1n) is 5.30. The Labute approximate surface area is 107 Å². The summed E-state index contributed by atoms with van der Waals surface area (Å²) in [5.74, 6) is 0. The average Bonchev–Trinajstić information content (AvgIpc) is 2.87. The standard InChI is InChI=1S/C11H14BrN3S/c1-2-5-13-6-8-7-14-15-11(8)9-3-4-10(12)16-9/h3-4,7,13H,2,5-6H2,1H3,(H,14,15). The minimum atomic E-state index is 0.870. The van der Waals surface area contributed by atoms with E-state index in [0.717, 1.165) is 29.0 Å². The van der Waals surface area contributed by atoms with Crippen LogP contribution in [0.4, 0.5) is 0 Å². The molecule has 0 aliphatic carbocycles. The lowest BCUT2D eigenvalue weighted by Gasteiger charge is -2.02. The van der Waals surface area contributed by atoms with Gasteiger partial charge in [-0.3, -0.25) is 5.10 Å². The lowest BCUT2D eigenvalue weighted by atomic mass is 10.2. The summed E-state index contributed by atoms with van der Waals surface area (Å²) < 4.78 is 1.14. The molecule has 0 radical (unpaired) electrons. The third-order valence-corrected chi connectivity index (χ3v) is 3.92. The normalized spacial score (nSPS) is 10.9. The van der Waals surface area contributed by atoms with Crippen molar-refractivity contribution in [3.63, 3.8) is 0 Å². The van der Waals surface area contributed by atoms with Crippen LogP contribution in [0.3, 0.4) is 0 Å². The Morgan fingerprint density at radius 3 is 3.06 bits per heavy atom. The Morgan fingerprint density at radius 2 is 2.38 bits per heavy atom. The first-order valence-corrected chi connectivity index (χ1v) is 6.91. The van der Waals surface area contributed by atoms with Crippen LogP contribution in [0.5, 0.6) is 0 Å². The largest absolute Gasteiger partial charge is 0.313 e. The fourth-order valence-electron chi connectivity index (χ4n) is 1.51. The van der Waals surface area contributed by atoms with Crippen molar-refractivity contribution in [2.45, 2.75) is 19.9 Å². The highest BCUT2D eigenvalue weighted by atomic mass is 79.9. The zero-order chi connectivity index (χ0) is 11.4. The Kier molecular flexibility index (Phi) is 4.15. The van der Waals surface area contributed by atoms with Crippen LogP contribution in [0, 0.1) is 0 Å². The molecule has 3 nitrogen and oxygen atoms in total. The minimum Gasteiger partial charge on any atom is -0.313 e. The van der Waals surface area contributed by atoms with Crippen molar-refractivity contribution < 1.29 is 0 Å². The van der Waals surface area contributed by atoms with Gasteiger partial charge >= 0.3 is 0 Å². The van der Waals surface area contributed by atoms with Gasteiger partial charge in [0.05, 0.1) is 20.6 Å². The SMILES string of the molecule is CCCNCc1cn[nH]c1-c1ccc(Br)s1. The van der Waals surface area contributed by atoms with Crippen molar-refractivity contribution in [3.05, 3.63) is 27.7 Å². The van der Waals surface area contributed by atoms with Crippen molar-refractivity contribution in [2.24, 2.45) is 0 Å². The minimum absolute atomic E-state index is 0.870. The van der Waals surface area contributed by atoms with E-state index in [-0.39, 0.29) is 0 Å². The van der Waals surface area contributed by atoms with Crippen molar-refractivity contribution in [2.75, 3.05) is 6.54 Å². The molecule has 0 spiro atoms. The molecule has 86 valence electrons. The number of H-pyrrole nitrogens is 1. The molecule has 0 atom stereocenters. The summed E-state index contributed by atoms with van der Waals surface area (Å²) in [6.07, 6.45) is 3.04. The summed E-state index contributed by atoms with van der Waals surface area (Å²) in [4.78, 5) is 1.22. The Hall–Kier alpha value is -0.650. The van der Waals surface area contributed by atoms with Gasteiger partial charge in [-0.1, -0.05) is 6.92 Å². The summed E-state index contributed by atoms with van der Waals surface area (Å²) in [5, 5.41) is 10.6. The predicted molar refractivity (Wildman–Crippen MR) is 71.6 cm³/mol. The van der Waals surface area contributed by atoms with Crippen LogP contribution in [0.15, 0.2) is 22.1 Å². The molecule has 16 heavy (non-hydrogen) atoms. The Balaban J connectivity index is 2.12. The van der Waals surface area contributed by atoms with E-state index in [1.54, 1.807) is 11.3 Å². The molecule has 2 heterocycles. The monoisotopic (exact) mass is 299 g/mol. The smallest absolute Gasteiger partial charge is 0.0795 e. The van der Waals surface area contributed by atoms with Gasteiger partial charge < -0.3 is 5.32 Å². The maximum Gasteiger partial charge on any atom is 0.0795 e. The van der Waals surface area contributed by atoms with Crippen LogP contribution < -0.4 is 5.32 Å². The van der Waals surface area contributed by atoms with Crippen molar-refractivity contribution >= 4 is 27.3 Å². The maximum atomic E-state index is 4.11. The van der Waals surface area contributed by atoms with Gasteiger partial charge in [-0.05, 0) is 41.0 Å². The summed E-state index contributed by atoms with van der Waals surface area (Å²) in [5.41, 5.74) is 2.35. The molecule has 2 aromatic heterocycles. The number of rotatable bonds is 5. The van der Waals surface area contributed by atoms with E-state index in [1.807, 2.05) is 6.20 Å². The predicted octanol–water partition coefficient (Wildman–Crippen LogP) is 3.40. The Bertz CT molecular complexity index is 450. The third-order valence-electron chi connectivity index (χ3n) is 2.28. The molecule has 0 bridgehead atoms. The molecule has 0 unspecified atom stereocenters. The Morgan fingerprint density at radius 1 is 1.50 bits per heavy atom. The summed E-state index contributed by atoms with van der Waals surface area (Å²) in [6, 6.07) is 4.16. The van der Waals surface area contributed by atoms with Crippen molar-refractivity contribution in [3.8, 4) is 10.6 Å². The van der Waals surface area contributed by atoms with Gasteiger partial charge in [0.1, 0.15) is 0 Å². The molecule has 0 saturated heterocycles. The van der Waals surface area contributed by atoms with E-state index in [4.69, 9.17) is 0 Å². The second-order valence-corrected chi connectivity index (χ2v) is 6.01. The number of hydrogen-bond acceptors (Lipinski definition) is 3. The van der Waals surface area contributed by atoms with Crippen molar-refractivity contribution in [1.29, 1.82) is 0 Å². The molecular formula is C11H14BrN3S. The molecule has 2 aromatic rings. The van der Waals surface area contributed by atoms with Crippen LogP contribution >= 0.6 is 27.3 Å². The number of nitrogens with one attached hydrogen (secondary N) is 2. The molecule has 2 N–H and O–H groups in total. The first-order chi connectivity index (χ1) is 7.81.